The molecule has 2 rings (SSSR count). The van der Waals surface area contributed by atoms with Gasteiger partial charge in [-0.05, 0) is 24.3 Å². The molecule has 0 radical (unpaired) electrons. The molecule has 0 atom stereocenters. The Labute approximate surface area is 148 Å². The number of hydrogen-bond acceptors (Lipinski definition) is 3. The van der Waals surface area contributed by atoms with E-state index in [1.165, 1.54) is 24.3 Å². The van der Waals surface area contributed by atoms with Crippen LogP contribution in [-0.4, -0.2) is 14.3 Å². The maximum absolute atomic E-state index is 12.3. The summed E-state index contributed by atoms with van der Waals surface area (Å²) >= 11 is 17.6. The van der Waals surface area contributed by atoms with Crippen molar-refractivity contribution in [3.05, 3.63) is 69.0 Å². The SMILES string of the molecule is O=C(Nc1ccccc1Cl)/C(Cl)=C(\Cl)S(=O)(=O)c1ccccc1. The standard InChI is InChI=1S/C15H10Cl3NO3S/c16-11-8-4-5-9-12(11)19-15(20)13(17)14(18)23(21,22)10-6-2-1-3-7-10/h1-9H,(H,19,20)/b14-13-. The Kier molecular flexibility index (Phi) is 5.70. The molecule has 0 heterocycles. The van der Waals surface area contributed by atoms with Gasteiger partial charge in [-0.2, -0.15) is 0 Å². The van der Waals surface area contributed by atoms with Crippen molar-refractivity contribution < 1.29 is 13.2 Å². The van der Waals surface area contributed by atoms with Gasteiger partial charge in [-0.1, -0.05) is 65.1 Å². The zero-order valence-corrected chi connectivity index (χ0v) is 14.5. The number of benzene rings is 2. The van der Waals surface area contributed by atoms with Gasteiger partial charge in [-0.25, -0.2) is 8.42 Å². The third-order valence-corrected chi connectivity index (χ3v) is 6.05. The molecule has 4 nitrogen and oxygen atoms in total. The summed E-state index contributed by atoms with van der Waals surface area (Å²) in [6.07, 6.45) is 0. The first-order valence-corrected chi connectivity index (χ1v) is 8.87. The van der Waals surface area contributed by atoms with E-state index >= 15 is 0 Å². The first kappa shape index (κ1) is 17.8. The van der Waals surface area contributed by atoms with Crippen LogP contribution in [0.3, 0.4) is 0 Å². The highest BCUT2D eigenvalue weighted by Crippen LogP contribution is 2.28. The molecule has 0 aliphatic rings. The monoisotopic (exact) mass is 389 g/mol. The lowest BCUT2D eigenvalue weighted by molar-refractivity contribution is -0.112. The second kappa shape index (κ2) is 7.36. The molecule has 2 aromatic carbocycles. The van der Waals surface area contributed by atoms with Crippen LogP contribution in [0.1, 0.15) is 0 Å². The molecule has 0 spiro atoms. The molecule has 1 N–H and O–H groups in total. The third-order valence-electron chi connectivity index (χ3n) is 2.78. The fourth-order valence-corrected chi connectivity index (χ4v) is 3.59. The molecule has 1 amide bonds. The van der Waals surface area contributed by atoms with E-state index in [1.807, 2.05) is 0 Å². The van der Waals surface area contributed by atoms with Crippen molar-refractivity contribution >= 4 is 56.2 Å². The number of rotatable bonds is 4. The summed E-state index contributed by atoms with van der Waals surface area (Å²) in [6.45, 7) is 0. The molecule has 8 heteroatoms. The van der Waals surface area contributed by atoms with Crippen LogP contribution in [0.15, 0.2) is 68.9 Å². The van der Waals surface area contributed by atoms with Gasteiger partial charge in [0.05, 0.1) is 15.6 Å². The highest BCUT2D eigenvalue weighted by molar-refractivity contribution is 7.97. The average Bonchev–Trinajstić information content (AvgIpc) is 2.56. The normalized spacial score (nSPS) is 12.5. The predicted molar refractivity (Wildman–Crippen MR) is 92.4 cm³/mol. The van der Waals surface area contributed by atoms with E-state index in [1.54, 1.807) is 30.3 Å². The van der Waals surface area contributed by atoms with Crippen LogP contribution < -0.4 is 5.32 Å². The summed E-state index contributed by atoms with van der Waals surface area (Å²) in [5.41, 5.74) is 0.291. The molecule has 23 heavy (non-hydrogen) atoms. The second-order valence-electron chi connectivity index (χ2n) is 4.34. The molecule has 0 fully saturated rings. The molecule has 0 bridgehead atoms. The van der Waals surface area contributed by atoms with Gasteiger partial charge in [0.1, 0.15) is 5.03 Å². The number of anilines is 1. The molecular weight excluding hydrogens is 381 g/mol. The van der Waals surface area contributed by atoms with E-state index in [9.17, 15) is 13.2 Å². The topological polar surface area (TPSA) is 63.2 Å². The number of halogens is 3. The van der Waals surface area contributed by atoms with Crippen molar-refractivity contribution in [1.82, 2.24) is 0 Å². The zero-order valence-electron chi connectivity index (χ0n) is 11.5. The fraction of sp³-hybridized carbons (Fsp3) is 0. The van der Waals surface area contributed by atoms with Gasteiger partial charge in [0.25, 0.3) is 5.91 Å². The molecule has 0 saturated carbocycles. The Morgan fingerprint density at radius 3 is 2.09 bits per heavy atom. The smallest absolute Gasteiger partial charge is 0.269 e. The number of sulfone groups is 1. The van der Waals surface area contributed by atoms with Crippen molar-refractivity contribution in [3.63, 3.8) is 0 Å². The van der Waals surface area contributed by atoms with E-state index in [0.29, 0.717) is 5.69 Å². The Hall–Kier alpha value is -1.53. The van der Waals surface area contributed by atoms with Crippen molar-refractivity contribution in [3.8, 4) is 0 Å². The van der Waals surface area contributed by atoms with Crippen molar-refractivity contribution in [2.45, 2.75) is 4.90 Å². The van der Waals surface area contributed by atoms with Gasteiger partial charge < -0.3 is 5.32 Å². The molecule has 0 unspecified atom stereocenters. The summed E-state index contributed by atoms with van der Waals surface area (Å²) in [4.78, 5) is 12.0. The predicted octanol–water partition coefficient (Wildman–Crippen LogP) is 4.40. The summed E-state index contributed by atoms with van der Waals surface area (Å²) < 4.78 is 23.9. The number of nitrogens with one attached hydrogen (secondary N) is 1. The van der Waals surface area contributed by atoms with Gasteiger partial charge in [0.2, 0.25) is 9.84 Å². The van der Waals surface area contributed by atoms with Crippen molar-refractivity contribution in [1.29, 1.82) is 0 Å². The van der Waals surface area contributed by atoms with Crippen molar-refractivity contribution in [2.75, 3.05) is 5.32 Å². The van der Waals surface area contributed by atoms with Gasteiger partial charge in [-0.15, -0.1) is 0 Å². The molecule has 120 valence electrons. The lowest BCUT2D eigenvalue weighted by atomic mass is 10.3. The van der Waals surface area contributed by atoms with Crippen LogP contribution in [0.5, 0.6) is 0 Å². The first-order chi connectivity index (χ1) is 10.8. The van der Waals surface area contributed by atoms with Crippen LogP contribution in [0.2, 0.25) is 5.02 Å². The van der Waals surface area contributed by atoms with E-state index in [0.717, 1.165) is 0 Å². The summed E-state index contributed by atoms with van der Waals surface area (Å²) in [5.74, 6) is -0.871. The summed E-state index contributed by atoms with van der Waals surface area (Å²) in [6, 6.07) is 13.9. The van der Waals surface area contributed by atoms with Crippen LogP contribution in [-0.2, 0) is 14.6 Å². The molecule has 0 aromatic heterocycles. The average molecular weight is 391 g/mol. The van der Waals surface area contributed by atoms with E-state index in [2.05, 4.69) is 5.32 Å². The maximum atomic E-state index is 12.3. The number of carbonyl (C=O) groups excluding carboxylic acids is 1. The lowest BCUT2D eigenvalue weighted by Crippen LogP contribution is -2.15. The Balaban J connectivity index is 2.33. The molecule has 2 aromatic rings. The number of hydrogen-bond donors (Lipinski definition) is 1. The molecular formula is C15H10Cl3NO3S. The van der Waals surface area contributed by atoms with Crippen LogP contribution in [0.4, 0.5) is 5.69 Å². The number of amides is 1. The van der Waals surface area contributed by atoms with E-state index in [4.69, 9.17) is 34.8 Å². The summed E-state index contributed by atoms with van der Waals surface area (Å²) in [7, 11) is -4.07. The molecule has 0 aliphatic carbocycles. The first-order valence-electron chi connectivity index (χ1n) is 6.25. The highest BCUT2D eigenvalue weighted by Gasteiger charge is 2.25. The number of para-hydroxylation sites is 1. The molecule has 0 aliphatic heterocycles. The minimum absolute atomic E-state index is 0.0614. The van der Waals surface area contributed by atoms with E-state index in [-0.39, 0.29) is 9.92 Å². The maximum Gasteiger partial charge on any atom is 0.269 e. The zero-order chi connectivity index (χ0) is 17.0. The third kappa shape index (κ3) is 4.06. The molecule has 0 saturated heterocycles. The Morgan fingerprint density at radius 2 is 1.48 bits per heavy atom. The Morgan fingerprint density at radius 1 is 0.913 bits per heavy atom. The second-order valence-corrected chi connectivity index (χ2v) is 7.61. The minimum atomic E-state index is -4.07. The van der Waals surface area contributed by atoms with E-state index < -0.39 is 25.1 Å². The van der Waals surface area contributed by atoms with Gasteiger partial charge in [0.15, 0.2) is 4.36 Å². The van der Waals surface area contributed by atoms with Crippen molar-refractivity contribution in [2.24, 2.45) is 0 Å². The van der Waals surface area contributed by atoms with Gasteiger partial charge in [0, 0.05) is 0 Å². The van der Waals surface area contributed by atoms with Crippen LogP contribution in [0.25, 0.3) is 0 Å². The van der Waals surface area contributed by atoms with Crippen LogP contribution >= 0.6 is 34.8 Å². The Bertz CT molecular complexity index is 865. The van der Waals surface area contributed by atoms with Gasteiger partial charge in [-0.3, -0.25) is 4.79 Å². The van der Waals surface area contributed by atoms with Crippen LogP contribution in [0, 0.1) is 0 Å². The number of carbonyl (C=O) groups is 1. The quantitative estimate of drug-likeness (QED) is 0.787. The summed E-state index contributed by atoms with van der Waals surface area (Å²) in [5, 5.41) is 2.05. The van der Waals surface area contributed by atoms with Gasteiger partial charge >= 0.3 is 0 Å². The highest BCUT2D eigenvalue weighted by atomic mass is 35.5. The lowest BCUT2D eigenvalue weighted by Gasteiger charge is -2.08. The fourth-order valence-electron chi connectivity index (χ4n) is 1.65. The minimum Gasteiger partial charge on any atom is -0.320 e. The largest absolute Gasteiger partial charge is 0.320 e.